The molecule has 2 unspecified atom stereocenters. The first-order chi connectivity index (χ1) is 18.1. The molecule has 3 aliphatic rings. The lowest BCUT2D eigenvalue weighted by Crippen LogP contribution is -2.49. The van der Waals surface area contributed by atoms with Gasteiger partial charge in [-0.15, -0.1) is 12.4 Å². The minimum absolute atomic E-state index is 0. The fraction of sp³-hybridized carbons (Fsp3) is 0.607. The molecule has 2 saturated heterocycles. The lowest BCUT2D eigenvalue weighted by atomic mass is 9.97. The van der Waals surface area contributed by atoms with Gasteiger partial charge < -0.3 is 15.5 Å². The lowest BCUT2D eigenvalue weighted by Gasteiger charge is -2.35. The van der Waals surface area contributed by atoms with Crippen LogP contribution in [-0.2, 0) is 11.0 Å². The molecule has 1 aromatic carbocycles. The molecule has 2 N–H and O–H groups in total. The molecule has 1 aliphatic carbocycles. The van der Waals surface area contributed by atoms with Crippen molar-refractivity contribution >= 4 is 24.2 Å². The number of benzene rings is 1. The number of nitrogens with zero attached hydrogens (tertiary/aromatic N) is 4. The standard InChI is InChI=1S/C28H36F3N5O2.ClH/c1-17(2)24(32)27(38)34-14-11-19(12-15-34)36-25(18-9-10-18)21(16-33-36)26(37)35-13-5-8-23(35)20-6-3-4-7-22(20)28(29,30)31;/h3-4,6-7,16-19,23-24H,5,8-15,32H2,1-2H3;1H. The van der Waals surface area contributed by atoms with Crippen LogP contribution in [0.15, 0.2) is 30.5 Å². The molecule has 3 fully saturated rings. The van der Waals surface area contributed by atoms with E-state index in [9.17, 15) is 22.8 Å². The van der Waals surface area contributed by atoms with E-state index in [4.69, 9.17) is 5.73 Å². The van der Waals surface area contributed by atoms with Crippen molar-refractivity contribution < 1.29 is 22.8 Å². The molecule has 0 spiro atoms. The number of nitrogens with two attached hydrogens (primary N) is 1. The van der Waals surface area contributed by atoms with E-state index < -0.39 is 23.8 Å². The van der Waals surface area contributed by atoms with E-state index in [0.29, 0.717) is 38.0 Å². The van der Waals surface area contributed by atoms with Crippen molar-refractivity contribution in [3.8, 4) is 0 Å². The van der Waals surface area contributed by atoms with Gasteiger partial charge in [-0.3, -0.25) is 14.3 Å². The maximum absolute atomic E-state index is 13.8. The Hall–Kier alpha value is -2.59. The molecular formula is C28H37ClF3N5O2. The van der Waals surface area contributed by atoms with Crippen LogP contribution in [0.1, 0.15) is 97.6 Å². The summed E-state index contributed by atoms with van der Waals surface area (Å²) in [5, 5.41) is 4.64. The van der Waals surface area contributed by atoms with Crippen LogP contribution in [0.25, 0.3) is 0 Å². The van der Waals surface area contributed by atoms with Gasteiger partial charge in [-0.05, 0) is 56.1 Å². The van der Waals surface area contributed by atoms with E-state index in [0.717, 1.165) is 37.4 Å². The van der Waals surface area contributed by atoms with Crippen molar-refractivity contribution in [3.63, 3.8) is 0 Å². The SMILES string of the molecule is CC(C)C(N)C(=O)N1CCC(n2ncc(C(=O)N3CCCC3c3ccccc3C(F)(F)F)c2C2CC2)CC1.Cl. The van der Waals surface area contributed by atoms with Crippen LogP contribution < -0.4 is 5.73 Å². The highest BCUT2D eigenvalue weighted by Gasteiger charge is 2.42. The normalized spacial score (nSPS) is 21.3. The van der Waals surface area contributed by atoms with Crippen molar-refractivity contribution in [2.45, 2.75) is 82.6 Å². The average Bonchev–Trinajstić information content (AvgIpc) is 3.45. The number of aromatic nitrogens is 2. The summed E-state index contributed by atoms with van der Waals surface area (Å²) in [4.78, 5) is 30.0. The van der Waals surface area contributed by atoms with Gasteiger partial charge in [0.05, 0.1) is 41.1 Å². The van der Waals surface area contributed by atoms with Gasteiger partial charge in [-0.25, -0.2) is 0 Å². The smallest absolute Gasteiger partial charge is 0.341 e. The van der Waals surface area contributed by atoms with E-state index in [-0.39, 0.29) is 47.7 Å². The Morgan fingerprint density at radius 2 is 1.69 bits per heavy atom. The maximum Gasteiger partial charge on any atom is 0.416 e. The molecule has 5 rings (SSSR count). The van der Waals surface area contributed by atoms with Gasteiger partial charge in [0, 0.05) is 25.6 Å². The molecule has 7 nitrogen and oxygen atoms in total. The van der Waals surface area contributed by atoms with E-state index in [1.165, 1.54) is 12.1 Å². The minimum atomic E-state index is -4.48. The van der Waals surface area contributed by atoms with Gasteiger partial charge >= 0.3 is 6.18 Å². The van der Waals surface area contributed by atoms with Crippen LogP contribution in [0.4, 0.5) is 13.2 Å². The van der Waals surface area contributed by atoms with E-state index >= 15 is 0 Å². The van der Waals surface area contributed by atoms with Crippen molar-refractivity contribution in [1.82, 2.24) is 19.6 Å². The molecule has 0 radical (unpaired) electrons. The van der Waals surface area contributed by atoms with Gasteiger partial charge in [-0.1, -0.05) is 32.0 Å². The fourth-order valence-corrected chi connectivity index (χ4v) is 5.95. The number of likely N-dealkylation sites (tertiary alicyclic amines) is 2. The number of piperidine rings is 1. The summed E-state index contributed by atoms with van der Waals surface area (Å²) >= 11 is 0. The van der Waals surface area contributed by atoms with Crippen molar-refractivity contribution in [2.75, 3.05) is 19.6 Å². The van der Waals surface area contributed by atoms with E-state index in [1.807, 2.05) is 23.4 Å². The number of halogens is 4. The molecule has 1 saturated carbocycles. The van der Waals surface area contributed by atoms with Gasteiger partial charge in [-0.2, -0.15) is 18.3 Å². The molecule has 1 aromatic heterocycles. The zero-order valence-electron chi connectivity index (χ0n) is 22.4. The monoisotopic (exact) mass is 567 g/mol. The maximum atomic E-state index is 13.8. The molecular weight excluding hydrogens is 531 g/mol. The summed E-state index contributed by atoms with van der Waals surface area (Å²) in [6.45, 7) is 5.46. The first-order valence-electron chi connectivity index (χ1n) is 13.7. The summed E-state index contributed by atoms with van der Waals surface area (Å²) < 4.78 is 43.2. The third-order valence-corrected chi connectivity index (χ3v) is 8.29. The average molecular weight is 568 g/mol. The topological polar surface area (TPSA) is 84.5 Å². The number of rotatable bonds is 6. The van der Waals surface area contributed by atoms with Gasteiger partial charge in [0.25, 0.3) is 5.91 Å². The second kappa shape index (κ2) is 11.5. The number of hydrogen-bond acceptors (Lipinski definition) is 4. The van der Waals surface area contributed by atoms with Crippen LogP contribution in [0, 0.1) is 5.92 Å². The second-order valence-corrected chi connectivity index (χ2v) is 11.2. The molecule has 39 heavy (non-hydrogen) atoms. The van der Waals surface area contributed by atoms with Crippen molar-refractivity contribution in [3.05, 3.63) is 52.8 Å². The predicted octanol–water partition coefficient (Wildman–Crippen LogP) is 5.33. The van der Waals surface area contributed by atoms with Crippen LogP contribution in [0.5, 0.6) is 0 Å². The Morgan fingerprint density at radius 3 is 2.31 bits per heavy atom. The lowest BCUT2D eigenvalue weighted by molar-refractivity contribution is -0.138. The number of carbonyl (C=O) groups is 2. The van der Waals surface area contributed by atoms with Gasteiger partial charge in [0.1, 0.15) is 0 Å². The zero-order chi connectivity index (χ0) is 27.2. The molecule has 3 heterocycles. The predicted molar refractivity (Wildman–Crippen MR) is 144 cm³/mol. The quantitative estimate of drug-likeness (QED) is 0.512. The number of hydrogen-bond donors (Lipinski definition) is 1. The molecule has 2 atom stereocenters. The van der Waals surface area contributed by atoms with Crippen molar-refractivity contribution in [1.29, 1.82) is 0 Å². The Morgan fingerprint density at radius 1 is 1.03 bits per heavy atom. The molecule has 0 bridgehead atoms. The van der Waals surface area contributed by atoms with Crippen LogP contribution in [-0.4, -0.2) is 57.1 Å². The zero-order valence-corrected chi connectivity index (χ0v) is 23.2. The van der Waals surface area contributed by atoms with Crippen LogP contribution >= 0.6 is 12.4 Å². The summed E-state index contributed by atoms with van der Waals surface area (Å²) in [5.74, 6) is 0.0254. The Labute approximate surface area is 233 Å². The van der Waals surface area contributed by atoms with Gasteiger partial charge in [0.15, 0.2) is 0 Å². The molecule has 2 aromatic rings. The highest BCUT2D eigenvalue weighted by molar-refractivity contribution is 5.96. The fourth-order valence-electron chi connectivity index (χ4n) is 5.95. The summed E-state index contributed by atoms with van der Waals surface area (Å²) in [6, 6.07) is 4.50. The molecule has 2 amide bonds. The Bertz CT molecular complexity index is 1190. The summed E-state index contributed by atoms with van der Waals surface area (Å²) in [7, 11) is 0. The third-order valence-electron chi connectivity index (χ3n) is 8.29. The van der Waals surface area contributed by atoms with E-state index in [2.05, 4.69) is 5.10 Å². The molecule has 11 heteroatoms. The van der Waals surface area contributed by atoms with Crippen molar-refractivity contribution in [2.24, 2.45) is 11.7 Å². The van der Waals surface area contributed by atoms with Crippen LogP contribution in [0.2, 0.25) is 0 Å². The van der Waals surface area contributed by atoms with Gasteiger partial charge in [0.2, 0.25) is 5.91 Å². The third kappa shape index (κ3) is 5.82. The highest BCUT2D eigenvalue weighted by Crippen LogP contribution is 2.45. The van der Waals surface area contributed by atoms with E-state index in [1.54, 1.807) is 17.2 Å². The molecule has 214 valence electrons. The second-order valence-electron chi connectivity index (χ2n) is 11.2. The first-order valence-corrected chi connectivity index (χ1v) is 13.7. The Balaban J connectivity index is 0.00000353. The largest absolute Gasteiger partial charge is 0.416 e. The van der Waals surface area contributed by atoms with Crippen LogP contribution in [0.3, 0.4) is 0 Å². The summed E-state index contributed by atoms with van der Waals surface area (Å²) in [6.07, 6.45) is 1.64. The Kier molecular flexibility index (Phi) is 8.66. The summed E-state index contributed by atoms with van der Waals surface area (Å²) in [5.41, 5.74) is 6.95. The number of carbonyl (C=O) groups excluding carboxylic acids is 2. The first kappa shape index (κ1) is 29.4. The number of alkyl halides is 3. The molecule has 2 aliphatic heterocycles. The minimum Gasteiger partial charge on any atom is -0.341 e. The number of amides is 2. The highest BCUT2D eigenvalue weighted by atomic mass is 35.5.